The summed E-state index contributed by atoms with van der Waals surface area (Å²) in [6.45, 7) is 2.24. The van der Waals surface area contributed by atoms with E-state index in [1.54, 1.807) is 12.1 Å². The van der Waals surface area contributed by atoms with Crippen molar-refractivity contribution < 1.29 is 14.4 Å². The zero-order valence-corrected chi connectivity index (χ0v) is 14.7. The van der Waals surface area contributed by atoms with Gasteiger partial charge in [-0.3, -0.25) is 4.57 Å². The normalized spacial score (nSPS) is 11.8. The van der Waals surface area contributed by atoms with Gasteiger partial charge in [-0.25, -0.2) is 0 Å². The lowest BCUT2D eigenvalue weighted by molar-refractivity contribution is 0.387. The summed E-state index contributed by atoms with van der Waals surface area (Å²) in [4.78, 5) is 18.7. The van der Waals surface area contributed by atoms with Crippen LogP contribution in [0, 0.1) is 0 Å². The summed E-state index contributed by atoms with van der Waals surface area (Å²) in [5.41, 5.74) is 0.801. The summed E-state index contributed by atoms with van der Waals surface area (Å²) in [7, 11) is -4.14. The number of hydrogen-bond acceptors (Lipinski definition) is 1. The molecule has 1 aromatic rings. The maximum atomic E-state index is 11.4. The minimum Gasteiger partial charge on any atom is -0.321 e. The Kier molecular flexibility index (Phi) is 9.70. The Morgan fingerprint density at radius 1 is 0.818 bits per heavy atom. The van der Waals surface area contributed by atoms with Crippen molar-refractivity contribution in [1.82, 2.24) is 0 Å². The Balaban J connectivity index is 2.14. The minimum atomic E-state index is -4.14. The molecule has 0 heterocycles. The van der Waals surface area contributed by atoms with Gasteiger partial charge in [0.25, 0.3) is 0 Å². The van der Waals surface area contributed by atoms with E-state index in [1.807, 2.05) is 12.1 Å². The monoisotopic (exact) mass is 326 g/mol. The molecule has 3 nitrogen and oxygen atoms in total. The quantitative estimate of drug-likeness (QED) is 0.422. The van der Waals surface area contributed by atoms with E-state index in [-0.39, 0.29) is 5.30 Å². The Bertz CT molecular complexity index is 453. The second-order valence-electron chi connectivity index (χ2n) is 6.10. The molecule has 22 heavy (non-hydrogen) atoms. The average Bonchev–Trinajstić information content (AvgIpc) is 2.48. The van der Waals surface area contributed by atoms with E-state index in [0.29, 0.717) is 0 Å². The van der Waals surface area contributed by atoms with Crippen LogP contribution < -0.4 is 5.30 Å². The van der Waals surface area contributed by atoms with Crippen LogP contribution in [0.25, 0.3) is 0 Å². The summed E-state index contributed by atoms with van der Waals surface area (Å²) >= 11 is 0. The first-order chi connectivity index (χ1) is 10.6. The van der Waals surface area contributed by atoms with Crippen LogP contribution >= 0.6 is 7.60 Å². The van der Waals surface area contributed by atoms with E-state index < -0.39 is 7.60 Å². The van der Waals surface area contributed by atoms with Gasteiger partial charge in [0, 0.05) is 0 Å². The van der Waals surface area contributed by atoms with Gasteiger partial charge < -0.3 is 9.79 Å². The standard InChI is InChI=1S/C18H31O3P/c1-2-3-4-5-6-7-8-9-10-11-14-17-15-12-13-16-18(17)22(19,20)21/h12-13,15-16H,2-11,14H2,1H3,(H2,19,20,21). The molecular formula is C18H31O3P. The second-order valence-corrected chi connectivity index (χ2v) is 7.67. The second kappa shape index (κ2) is 11.0. The number of rotatable bonds is 12. The molecule has 126 valence electrons. The average molecular weight is 326 g/mol. The third-order valence-corrected chi connectivity index (χ3v) is 5.17. The Labute approximate surface area is 135 Å². The molecule has 4 heteroatoms. The number of unbranched alkanes of at least 4 members (excludes halogenated alkanes) is 9. The van der Waals surface area contributed by atoms with Crippen LogP contribution in [-0.2, 0) is 11.0 Å². The highest BCUT2D eigenvalue weighted by Crippen LogP contribution is 2.34. The molecular weight excluding hydrogens is 295 g/mol. The highest BCUT2D eigenvalue weighted by atomic mass is 31.2. The van der Waals surface area contributed by atoms with Crippen molar-refractivity contribution in [2.75, 3.05) is 0 Å². The first-order valence-corrected chi connectivity index (χ1v) is 10.3. The van der Waals surface area contributed by atoms with Crippen molar-refractivity contribution >= 4 is 12.9 Å². The molecule has 0 spiro atoms. The van der Waals surface area contributed by atoms with E-state index in [2.05, 4.69) is 6.92 Å². The van der Waals surface area contributed by atoms with Crippen molar-refractivity contribution in [2.45, 2.75) is 77.6 Å². The van der Waals surface area contributed by atoms with Crippen molar-refractivity contribution in [2.24, 2.45) is 0 Å². The van der Waals surface area contributed by atoms with Crippen LogP contribution in [0.15, 0.2) is 24.3 Å². The van der Waals surface area contributed by atoms with Crippen LogP contribution in [0.4, 0.5) is 0 Å². The van der Waals surface area contributed by atoms with Gasteiger partial charge in [0.2, 0.25) is 0 Å². The lowest BCUT2D eigenvalue weighted by Gasteiger charge is -2.10. The summed E-state index contributed by atoms with van der Waals surface area (Å²) in [5.74, 6) is 0. The van der Waals surface area contributed by atoms with E-state index in [4.69, 9.17) is 0 Å². The lowest BCUT2D eigenvalue weighted by atomic mass is 10.0. The number of hydrogen-bond donors (Lipinski definition) is 2. The SMILES string of the molecule is CCCCCCCCCCCCc1ccccc1P(=O)(O)O. The number of aryl methyl sites for hydroxylation is 1. The summed E-state index contributed by atoms with van der Waals surface area (Å²) in [5, 5.41) is 0.200. The van der Waals surface area contributed by atoms with E-state index in [9.17, 15) is 14.4 Å². The maximum absolute atomic E-state index is 11.4. The molecule has 0 amide bonds. The molecule has 0 fully saturated rings. The smallest absolute Gasteiger partial charge is 0.321 e. The predicted molar refractivity (Wildman–Crippen MR) is 93.7 cm³/mol. The third kappa shape index (κ3) is 8.12. The van der Waals surface area contributed by atoms with Crippen molar-refractivity contribution in [1.29, 1.82) is 0 Å². The highest BCUT2D eigenvalue weighted by Gasteiger charge is 2.20. The zero-order chi connectivity index (χ0) is 16.3. The van der Waals surface area contributed by atoms with E-state index >= 15 is 0 Å². The van der Waals surface area contributed by atoms with Gasteiger partial charge >= 0.3 is 7.60 Å². The predicted octanol–water partition coefficient (Wildman–Crippen LogP) is 4.95. The molecule has 0 saturated heterocycles. The maximum Gasteiger partial charge on any atom is 0.356 e. The van der Waals surface area contributed by atoms with E-state index in [0.717, 1.165) is 24.8 Å². The fraction of sp³-hybridized carbons (Fsp3) is 0.667. The van der Waals surface area contributed by atoms with Gasteiger partial charge in [0.15, 0.2) is 0 Å². The molecule has 0 unspecified atom stereocenters. The Morgan fingerprint density at radius 2 is 1.32 bits per heavy atom. The summed E-state index contributed by atoms with van der Waals surface area (Å²) in [6.07, 6.45) is 13.5. The van der Waals surface area contributed by atoms with Gasteiger partial charge in [-0.2, -0.15) is 0 Å². The first-order valence-electron chi connectivity index (χ1n) is 8.69. The minimum absolute atomic E-state index is 0.200. The molecule has 0 bridgehead atoms. The Morgan fingerprint density at radius 3 is 1.86 bits per heavy atom. The molecule has 0 aliphatic rings. The van der Waals surface area contributed by atoms with Gasteiger partial charge in [-0.1, -0.05) is 82.9 Å². The third-order valence-electron chi connectivity index (χ3n) is 4.11. The first kappa shape index (κ1) is 19.4. The highest BCUT2D eigenvalue weighted by molar-refractivity contribution is 7.60. The summed E-state index contributed by atoms with van der Waals surface area (Å²) in [6, 6.07) is 6.93. The van der Waals surface area contributed by atoms with E-state index in [1.165, 1.54) is 51.4 Å². The largest absolute Gasteiger partial charge is 0.356 e. The molecule has 0 aromatic heterocycles. The summed E-state index contributed by atoms with van der Waals surface area (Å²) < 4.78 is 11.4. The van der Waals surface area contributed by atoms with Crippen LogP contribution in [-0.4, -0.2) is 9.79 Å². The zero-order valence-electron chi connectivity index (χ0n) is 13.8. The topological polar surface area (TPSA) is 57.5 Å². The van der Waals surface area contributed by atoms with Crippen LogP contribution in [0.3, 0.4) is 0 Å². The molecule has 1 rings (SSSR count). The fourth-order valence-corrected chi connectivity index (χ4v) is 3.65. The van der Waals surface area contributed by atoms with Gasteiger partial charge in [0.1, 0.15) is 0 Å². The van der Waals surface area contributed by atoms with Crippen LogP contribution in [0.1, 0.15) is 76.7 Å². The van der Waals surface area contributed by atoms with Gasteiger partial charge in [0.05, 0.1) is 5.30 Å². The van der Waals surface area contributed by atoms with Crippen molar-refractivity contribution in [3.05, 3.63) is 29.8 Å². The molecule has 0 atom stereocenters. The van der Waals surface area contributed by atoms with Crippen molar-refractivity contribution in [3.8, 4) is 0 Å². The van der Waals surface area contributed by atoms with Crippen molar-refractivity contribution in [3.63, 3.8) is 0 Å². The fourth-order valence-electron chi connectivity index (χ4n) is 2.81. The molecule has 0 aliphatic carbocycles. The van der Waals surface area contributed by atoms with Crippen LogP contribution in [0.2, 0.25) is 0 Å². The van der Waals surface area contributed by atoms with Gasteiger partial charge in [-0.05, 0) is 24.5 Å². The van der Waals surface area contributed by atoms with Gasteiger partial charge in [-0.15, -0.1) is 0 Å². The lowest BCUT2D eigenvalue weighted by Crippen LogP contribution is -2.10. The molecule has 0 aliphatic heterocycles. The number of benzene rings is 1. The Hall–Kier alpha value is -0.630. The molecule has 2 N–H and O–H groups in total. The molecule has 0 radical (unpaired) electrons. The molecule has 1 aromatic carbocycles. The van der Waals surface area contributed by atoms with Crippen LogP contribution in [0.5, 0.6) is 0 Å². The molecule has 0 saturated carbocycles.